The van der Waals surface area contributed by atoms with Crippen LogP contribution in [0.15, 0.2) is 48.5 Å². The average molecular weight is 580 g/mol. The molecule has 0 unspecified atom stereocenters. The van der Waals surface area contributed by atoms with Crippen molar-refractivity contribution in [2.45, 2.75) is 53.0 Å². The van der Waals surface area contributed by atoms with Crippen molar-refractivity contribution in [2.75, 3.05) is 7.11 Å². The van der Waals surface area contributed by atoms with Crippen molar-refractivity contribution >= 4 is 38.9 Å². The molecule has 0 atom stereocenters. The molecule has 1 N–H and O–H groups in total. The van der Waals surface area contributed by atoms with Crippen LogP contribution in [0.1, 0.15) is 57.4 Å². The number of ketones is 1. The first-order chi connectivity index (χ1) is 18.4. The summed E-state index contributed by atoms with van der Waals surface area (Å²) >= 11 is 7.05. The Labute approximate surface area is 234 Å². The summed E-state index contributed by atoms with van der Waals surface area (Å²) in [7, 11) is 1.58. The van der Waals surface area contributed by atoms with E-state index >= 15 is 0 Å². The molecule has 0 fully saturated rings. The predicted octanol–water partition coefficient (Wildman–Crippen LogP) is 8.69. The first-order valence-corrected chi connectivity index (χ1v) is 13.3. The SMILES string of the molecule is CCCC(=O)c1cc(Cl)cc(C)c1O.COc1ccc(COCc2cc(C(F)(F)F)cc3sc(C)nc23)cc1. The second-order valence-electron chi connectivity index (χ2n) is 8.85. The number of Topliss-reactive ketones (excluding diaryl/α,β-unsaturated/α-hetero) is 1. The largest absolute Gasteiger partial charge is 0.507 e. The first-order valence-electron chi connectivity index (χ1n) is 12.1. The fraction of sp³-hybridized carbons (Fsp3) is 0.310. The summed E-state index contributed by atoms with van der Waals surface area (Å²) in [4.78, 5) is 15.9. The summed E-state index contributed by atoms with van der Waals surface area (Å²) in [5.74, 6) is 0.727. The lowest BCUT2D eigenvalue weighted by Gasteiger charge is -2.11. The van der Waals surface area contributed by atoms with Gasteiger partial charge in [0.1, 0.15) is 11.5 Å². The number of alkyl halides is 3. The fourth-order valence-corrected chi connectivity index (χ4v) is 4.98. The molecule has 0 amide bonds. The quantitative estimate of drug-likeness (QED) is 0.211. The number of carbonyl (C=O) groups is 1. The van der Waals surface area contributed by atoms with Crippen LogP contribution in [0.5, 0.6) is 11.5 Å². The van der Waals surface area contributed by atoms with E-state index in [9.17, 15) is 23.1 Å². The maximum absolute atomic E-state index is 13.1. The molecular weight excluding hydrogens is 551 g/mol. The van der Waals surface area contributed by atoms with Gasteiger partial charge in [0.05, 0.1) is 46.7 Å². The number of aromatic nitrogens is 1. The predicted molar refractivity (Wildman–Crippen MR) is 148 cm³/mol. The van der Waals surface area contributed by atoms with Gasteiger partial charge in [-0.05, 0) is 67.8 Å². The van der Waals surface area contributed by atoms with Crippen LogP contribution in [0.25, 0.3) is 10.2 Å². The molecule has 1 aromatic heterocycles. The third-order valence-electron chi connectivity index (χ3n) is 5.74. The minimum absolute atomic E-state index is 0.0489. The highest BCUT2D eigenvalue weighted by atomic mass is 35.5. The van der Waals surface area contributed by atoms with Gasteiger partial charge < -0.3 is 14.6 Å². The summed E-state index contributed by atoms with van der Waals surface area (Å²) < 4.78 is 50.5. The molecule has 0 aliphatic rings. The number of benzene rings is 3. The molecule has 4 rings (SSSR count). The zero-order chi connectivity index (χ0) is 28.7. The molecule has 0 saturated heterocycles. The molecule has 5 nitrogen and oxygen atoms in total. The molecule has 0 bridgehead atoms. The molecule has 0 spiro atoms. The number of halogens is 4. The van der Waals surface area contributed by atoms with Gasteiger partial charge in [0.15, 0.2) is 5.78 Å². The van der Waals surface area contributed by atoms with Crippen molar-refractivity contribution in [3.05, 3.63) is 86.4 Å². The lowest BCUT2D eigenvalue weighted by Crippen LogP contribution is -2.06. The number of nitrogens with zero attached hydrogens (tertiary/aromatic N) is 1. The van der Waals surface area contributed by atoms with Gasteiger partial charge >= 0.3 is 6.18 Å². The molecule has 0 aliphatic carbocycles. The Kier molecular flexibility index (Phi) is 10.4. The molecule has 208 valence electrons. The average Bonchev–Trinajstić information content (AvgIpc) is 3.27. The van der Waals surface area contributed by atoms with Gasteiger partial charge in [-0.1, -0.05) is 30.7 Å². The van der Waals surface area contributed by atoms with E-state index in [1.165, 1.54) is 17.4 Å². The van der Waals surface area contributed by atoms with E-state index in [0.717, 1.165) is 34.9 Å². The molecule has 10 heteroatoms. The molecule has 0 radical (unpaired) electrons. The topological polar surface area (TPSA) is 68.7 Å². The number of phenols is 1. The summed E-state index contributed by atoms with van der Waals surface area (Å²) in [5, 5.41) is 10.9. The third-order valence-corrected chi connectivity index (χ3v) is 6.87. The standard InChI is InChI=1S/C18H16F3NO2S.C11H13ClO2/c1-11-22-17-13(7-14(18(19,20)21)8-16(17)25-11)10-24-9-12-3-5-15(23-2)6-4-12;1-3-4-10(13)9-6-8(12)5-7(2)11(9)14/h3-8H,9-10H2,1-2H3;5-6,14H,3-4H2,1-2H3. The second-order valence-corrected chi connectivity index (χ2v) is 10.5. The summed E-state index contributed by atoms with van der Waals surface area (Å²) in [6, 6.07) is 12.8. The number of aryl methyl sites for hydroxylation is 2. The van der Waals surface area contributed by atoms with Gasteiger partial charge in [0.2, 0.25) is 0 Å². The van der Waals surface area contributed by atoms with E-state index in [-0.39, 0.29) is 18.1 Å². The van der Waals surface area contributed by atoms with Crippen LogP contribution in [0.2, 0.25) is 5.02 Å². The number of carbonyl (C=O) groups excluding carboxylic acids is 1. The minimum Gasteiger partial charge on any atom is -0.507 e. The van der Waals surface area contributed by atoms with Crippen LogP contribution in [0, 0.1) is 13.8 Å². The maximum Gasteiger partial charge on any atom is 0.416 e. The van der Waals surface area contributed by atoms with Crippen LogP contribution < -0.4 is 4.74 Å². The van der Waals surface area contributed by atoms with Crippen molar-refractivity contribution in [3.63, 3.8) is 0 Å². The molecule has 1 heterocycles. The van der Waals surface area contributed by atoms with E-state index in [4.69, 9.17) is 21.1 Å². The number of methoxy groups -OCH3 is 1. The minimum atomic E-state index is -4.39. The second kappa shape index (κ2) is 13.3. The zero-order valence-corrected chi connectivity index (χ0v) is 23.6. The van der Waals surface area contributed by atoms with Crippen LogP contribution in [-0.4, -0.2) is 23.0 Å². The van der Waals surface area contributed by atoms with E-state index in [2.05, 4.69) is 4.98 Å². The van der Waals surface area contributed by atoms with Crippen LogP contribution in [0.4, 0.5) is 13.2 Å². The lowest BCUT2D eigenvalue weighted by atomic mass is 10.0. The van der Waals surface area contributed by atoms with E-state index in [1.807, 2.05) is 31.2 Å². The molecular formula is C29H29ClF3NO4S. The Morgan fingerprint density at radius 1 is 1.08 bits per heavy atom. The molecule has 0 saturated carbocycles. The third kappa shape index (κ3) is 8.17. The number of hydrogen-bond acceptors (Lipinski definition) is 6. The summed E-state index contributed by atoms with van der Waals surface area (Å²) in [5.41, 5.74) is 2.23. The fourth-order valence-electron chi connectivity index (χ4n) is 3.79. The monoisotopic (exact) mass is 579 g/mol. The smallest absolute Gasteiger partial charge is 0.416 e. The van der Waals surface area contributed by atoms with Crippen molar-refractivity contribution in [1.82, 2.24) is 4.98 Å². The molecule has 0 aliphatic heterocycles. The number of hydrogen-bond donors (Lipinski definition) is 1. The Morgan fingerprint density at radius 3 is 2.38 bits per heavy atom. The maximum atomic E-state index is 13.1. The van der Waals surface area contributed by atoms with Crippen molar-refractivity contribution in [3.8, 4) is 11.5 Å². The number of rotatable bonds is 8. The number of ether oxygens (including phenoxy) is 2. The Bertz CT molecular complexity index is 1440. The summed E-state index contributed by atoms with van der Waals surface area (Å²) in [6.07, 6.45) is -3.19. The highest BCUT2D eigenvalue weighted by Crippen LogP contribution is 2.35. The number of phenolic OH excluding ortho intramolecular Hbond substituents is 1. The number of fused-ring (bicyclic) bond motifs is 1. The van der Waals surface area contributed by atoms with Gasteiger partial charge in [-0.25, -0.2) is 4.98 Å². The Balaban J connectivity index is 0.000000255. The van der Waals surface area contributed by atoms with Gasteiger partial charge in [0.25, 0.3) is 0 Å². The first kappa shape index (κ1) is 30.4. The van der Waals surface area contributed by atoms with E-state index in [1.54, 1.807) is 27.0 Å². The van der Waals surface area contributed by atoms with Gasteiger partial charge in [0, 0.05) is 17.0 Å². The Morgan fingerprint density at radius 2 is 1.77 bits per heavy atom. The van der Waals surface area contributed by atoms with Gasteiger partial charge in [-0.15, -0.1) is 11.3 Å². The highest BCUT2D eigenvalue weighted by molar-refractivity contribution is 7.18. The lowest BCUT2D eigenvalue weighted by molar-refractivity contribution is -0.137. The van der Waals surface area contributed by atoms with Crippen molar-refractivity contribution in [1.29, 1.82) is 0 Å². The number of thiazole rings is 1. The normalized spacial score (nSPS) is 11.3. The molecule has 39 heavy (non-hydrogen) atoms. The van der Waals surface area contributed by atoms with E-state index < -0.39 is 11.7 Å². The summed E-state index contributed by atoms with van der Waals surface area (Å²) in [6.45, 7) is 5.79. The highest BCUT2D eigenvalue weighted by Gasteiger charge is 2.32. The van der Waals surface area contributed by atoms with Crippen LogP contribution in [0.3, 0.4) is 0 Å². The van der Waals surface area contributed by atoms with Crippen LogP contribution >= 0.6 is 22.9 Å². The van der Waals surface area contributed by atoms with Gasteiger partial charge in [-0.3, -0.25) is 4.79 Å². The Hall–Kier alpha value is -3.14. The van der Waals surface area contributed by atoms with Crippen molar-refractivity contribution in [2.24, 2.45) is 0 Å². The molecule has 4 aromatic rings. The zero-order valence-electron chi connectivity index (χ0n) is 22.0. The number of aromatic hydroxyl groups is 1. The molecule has 3 aromatic carbocycles. The van der Waals surface area contributed by atoms with E-state index in [0.29, 0.717) is 45.0 Å². The van der Waals surface area contributed by atoms with Crippen LogP contribution in [-0.2, 0) is 24.1 Å². The van der Waals surface area contributed by atoms with Gasteiger partial charge in [-0.2, -0.15) is 13.2 Å². The van der Waals surface area contributed by atoms with Crippen molar-refractivity contribution < 1.29 is 32.5 Å².